The van der Waals surface area contributed by atoms with Gasteiger partial charge in [-0.15, -0.1) is 0 Å². The monoisotopic (exact) mass is 366 g/mol. The van der Waals surface area contributed by atoms with Gasteiger partial charge in [0.25, 0.3) is 0 Å². The summed E-state index contributed by atoms with van der Waals surface area (Å²) in [4.78, 5) is 3.74. The minimum Gasteiger partial charge on any atom is -0.497 e. The number of piperazine rings is 1. The van der Waals surface area contributed by atoms with Gasteiger partial charge in [-0.1, -0.05) is 12.1 Å². The fraction of sp³-hybridized carbons (Fsp3) is 0.368. The zero-order valence-corrected chi connectivity index (χ0v) is 14.5. The Kier molecular flexibility index (Phi) is 5.68. The van der Waals surface area contributed by atoms with Crippen LogP contribution >= 0.6 is 0 Å². The Bertz CT molecular complexity index is 755. The first kappa shape index (κ1) is 18.5. The van der Waals surface area contributed by atoms with E-state index in [1.807, 2.05) is 24.3 Å². The van der Waals surface area contributed by atoms with Crippen molar-refractivity contribution in [1.82, 2.24) is 4.90 Å². The molecular weight excluding hydrogens is 345 g/mol. The molecule has 0 bridgehead atoms. The van der Waals surface area contributed by atoms with Crippen molar-refractivity contribution in [1.29, 1.82) is 0 Å². The predicted octanol–water partition coefficient (Wildman–Crippen LogP) is 2.80. The third-order valence-electron chi connectivity index (χ3n) is 4.64. The Labute approximate surface area is 150 Å². The highest BCUT2D eigenvalue weighted by molar-refractivity contribution is 5.50. The van der Waals surface area contributed by atoms with Crippen molar-refractivity contribution in [2.45, 2.75) is 12.6 Å². The molecule has 1 aliphatic heterocycles. The van der Waals surface area contributed by atoms with Crippen LogP contribution in [0.15, 0.2) is 36.4 Å². The molecule has 1 aliphatic rings. The van der Waals surface area contributed by atoms with Crippen LogP contribution in [0.1, 0.15) is 5.56 Å². The Morgan fingerprint density at radius 3 is 2.38 bits per heavy atom. The van der Waals surface area contributed by atoms with E-state index in [2.05, 4.69) is 4.90 Å². The van der Waals surface area contributed by atoms with E-state index in [1.165, 1.54) is 0 Å². The van der Waals surface area contributed by atoms with Crippen molar-refractivity contribution >= 4 is 5.69 Å². The number of benzene rings is 2. The van der Waals surface area contributed by atoms with Crippen molar-refractivity contribution in [2.75, 3.05) is 38.3 Å². The summed E-state index contributed by atoms with van der Waals surface area (Å²) in [5.41, 5.74) is 1.07. The summed E-state index contributed by atoms with van der Waals surface area (Å²) in [6.45, 7) is 1.97. The second-order valence-electron chi connectivity index (χ2n) is 6.33. The molecule has 4 nitrogen and oxygen atoms in total. The van der Waals surface area contributed by atoms with Gasteiger partial charge in [0, 0.05) is 38.3 Å². The zero-order chi connectivity index (χ0) is 18.7. The van der Waals surface area contributed by atoms with Gasteiger partial charge in [-0.05, 0) is 17.7 Å². The Hall–Kier alpha value is -2.25. The predicted molar refractivity (Wildman–Crippen MR) is 92.8 cm³/mol. The molecule has 0 spiro atoms. The summed E-state index contributed by atoms with van der Waals surface area (Å²) in [5, 5.41) is 9.71. The summed E-state index contributed by atoms with van der Waals surface area (Å²) < 4.78 is 45.9. The van der Waals surface area contributed by atoms with E-state index in [0.717, 1.165) is 17.4 Å². The van der Waals surface area contributed by atoms with Crippen LogP contribution in [0, 0.1) is 17.5 Å². The number of halogens is 3. The van der Waals surface area contributed by atoms with Gasteiger partial charge in [0.1, 0.15) is 11.6 Å². The lowest BCUT2D eigenvalue weighted by Crippen LogP contribution is -2.54. The maximum atomic E-state index is 14.1. The number of aliphatic hydroxyl groups excluding tert-OH is 1. The lowest BCUT2D eigenvalue weighted by molar-refractivity contribution is 0.164. The van der Waals surface area contributed by atoms with E-state index in [0.29, 0.717) is 32.2 Å². The first-order valence-corrected chi connectivity index (χ1v) is 8.39. The fourth-order valence-electron chi connectivity index (χ4n) is 3.26. The second-order valence-corrected chi connectivity index (χ2v) is 6.33. The summed E-state index contributed by atoms with van der Waals surface area (Å²) >= 11 is 0. The largest absolute Gasteiger partial charge is 0.497 e. The molecule has 2 aromatic carbocycles. The van der Waals surface area contributed by atoms with E-state index in [4.69, 9.17) is 4.74 Å². The molecule has 26 heavy (non-hydrogen) atoms. The molecule has 1 heterocycles. The molecule has 1 N–H and O–H groups in total. The van der Waals surface area contributed by atoms with Crippen LogP contribution in [0.2, 0.25) is 0 Å². The highest BCUT2D eigenvalue weighted by atomic mass is 19.2. The molecule has 0 saturated carbocycles. The highest BCUT2D eigenvalue weighted by Gasteiger charge is 2.29. The average molecular weight is 366 g/mol. The van der Waals surface area contributed by atoms with E-state index < -0.39 is 23.5 Å². The van der Waals surface area contributed by atoms with Gasteiger partial charge in [-0.25, -0.2) is 13.2 Å². The normalized spacial score (nSPS) is 18.2. The van der Waals surface area contributed by atoms with Crippen LogP contribution in [0.5, 0.6) is 5.75 Å². The topological polar surface area (TPSA) is 35.9 Å². The molecule has 1 unspecified atom stereocenters. The lowest BCUT2D eigenvalue weighted by atomic mass is 10.1. The summed E-state index contributed by atoms with van der Waals surface area (Å²) in [6.07, 6.45) is 0. The van der Waals surface area contributed by atoms with Crippen molar-refractivity contribution < 1.29 is 23.0 Å². The van der Waals surface area contributed by atoms with Crippen LogP contribution in [-0.2, 0) is 6.54 Å². The Balaban J connectivity index is 1.71. The number of nitrogens with zero attached hydrogens (tertiary/aromatic N) is 2. The molecule has 1 saturated heterocycles. The summed E-state index contributed by atoms with van der Waals surface area (Å²) in [5.74, 6) is -2.37. The van der Waals surface area contributed by atoms with Crippen LogP contribution < -0.4 is 9.64 Å². The molecule has 0 amide bonds. The molecule has 3 rings (SSSR count). The standard InChI is InChI=1S/C19H21F3N2O2/c1-26-15-4-2-13(3-5-15)10-23-6-7-24(14(11-23)12-25)19-9-17(21)16(20)8-18(19)22/h2-5,8-9,14,25H,6-7,10-12H2,1H3. The molecule has 2 aromatic rings. The highest BCUT2D eigenvalue weighted by Crippen LogP contribution is 2.27. The SMILES string of the molecule is COc1ccc(CN2CCN(c3cc(F)c(F)cc3F)C(CO)C2)cc1. The average Bonchev–Trinajstić information content (AvgIpc) is 2.65. The maximum absolute atomic E-state index is 14.1. The molecule has 0 radical (unpaired) electrons. The minimum atomic E-state index is -1.22. The zero-order valence-electron chi connectivity index (χ0n) is 14.5. The van der Waals surface area contributed by atoms with Crippen molar-refractivity contribution in [3.8, 4) is 5.75 Å². The third-order valence-corrected chi connectivity index (χ3v) is 4.64. The van der Waals surface area contributed by atoms with E-state index in [9.17, 15) is 18.3 Å². The molecule has 140 valence electrons. The quantitative estimate of drug-likeness (QED) is 0.826. The number of rotatable bonds is 5. The van der Waals surface area contributed by atoms with E-state index in [1.54, 1.807) is 12.0 Å². The van der Waals surface area contributed by atoms with E-state index >= 15 is 0 Å². The van der Waals surface area contributed by atoms with Gasteiger partial charge in [0.2, 0.25) is 0 Å². The van der Waals surface area contributed by atoms with Crippen molar-refractivity contribution in [3.63, 3.8) is 0 Å². The number of methoxy groups -OCH3 is 1. The van der Waals surface area contributed by atoms with Crippen LogP contribution in [0.3, 0.4) is 0 Å². The first-order chi connectivity index (χ1) is 12.5. The smallest absolute Gasteiger partial charge is 0.161 e. The van der Waals surface area contributed by atoms with Gasteiger partial charge in [0.05, 0.1) is 25.4 Å². The molecule has 0 aliphatic carbocycles. The molecular formula is C19H21F3N2O2. The van der Waals surface area contributed by atoms with Crippen molar-refractivity contribution in [2.24, 2.45) is 0 Å². The minimum absolute atomic E-state index is 0.0213. The maximum Gasteiger partial charge on any atom is 0.161 e. The number of aliphatic hydroxyl groups is 1. The number of hydrogen-bond donors (Lipinski definition) is 1. The Morgan fingerprint density at radius 1 is 1.04 bits per heavy atom. The van der Waals surface area contributed by atoms with Gasteiger partial charge < -0.3 is 14.7 Å². The second kappa shape index (κ2) is 7.97. The number of hydrogen-bond acceptors (Lipinski definition) is 4. The fourth-order valence-corrected chi connectivity index (χ4v) is 3.26. The van der Waals surface area contributed by atoms with Gasteiger partial charge in [-0.2, -0.15) is 0 Å². The lowest BCUT2D eigenvalue weighted by Gasteiger charge is -2.42. The van der Waals surface area contributed by atoms with Gasteiger partial charge in [-0.3, -0.25) is 4.90 Å². The first-order valence-electron chi connectivity index (χ1n) is 8.39. The summed E-state index contributed by atoms with van der Waals surface area (Å²) in [7, 11) is 1.61. The van der Waals surface area contributed by atoms with E-state index in [-0.39, 0.29) is 12.3 Å². The van der Waals surface area contributed by atoms with Gasteiger partial charge >= 0.3 is 0 Å². The Morgan fingerprint density at radius 2 is 1.73 bits per heavy atom. The third kappa shape index (κ3) is 3.94. The summed E-state index contributed by atoms with van der Waals surface area (Å²) in [6, 6.07) is 8.69. The van der Waals surface area contributed by atoms with Crippen LogP contribution in [0.4, 0.5) is 18.9 Å². The van der Waals surface area contributed by atoms with Crippen LogP contribution in [-0.4, -0.2) is 49.4 Å². The van der Waals surface area contributed by atoms with Gasteiger partial charge in [0.15, 0.2) is 11.6 Å². The number of anilines is 1. The molecule has 1 atom stereocenters. The number of ether oxygens (including phenoxy) is 1. The van der Waals surface area contributed by atoms with Crippen molar-refractivity contribution in [3.05, 3.63) is 59.4 Å². The molecule has 7 heteroatoms. The molecule has 0 aromatic heterocycles. The molecule has 1 fully saturated rings. The van der Waals surface area contributed by atoms with Crippen LogP contribution in [0.25, 0.3) is 0 Å².